The van der Waals surface area contributed by atoms with E-state index in [-0.39, 0.29) is 29.6 Å². The van der Waals surface area contributed by atoms with Crippen LogP contribution in [0.1, 0.15) is 60.2 Å². The van der Waals surface area contributed by atoms with Gasteiger partial charge in [0.2, 0.25) is 0 Å². The van der Waals surface area contributed by atoms with Gasteiger partial charge < -0.3 is 20.3 Å². The van der Waals surface area contributed by atoms with E-state index in [0.29, 0.717) is 24.3 Å². The molecular formula is C22H36ClN3O3. The summed E-state index contributed by atoms with van der Waals surface area (Å²) in [4.78, 5) is 27.4. The van der Waals surface area contributed by atoms with E-state index >= 15 is 0 Å². The summed E-state index contributed by atoms with van der Waals surface area (Å²) in [6.45, 7) is 8.69. The Morgan fingerprint density at radius 3 is 2.34 bits per heavy atom. The summed E-state index contributed by atoms with van der Waals surface area (Å²) in [5, 5.41) is 6.43. The molecule has 1 fully saturated rings. The number of hydrogen-bond donors (Lipinski definition) is 2. The molecule has 2 N–H and O–H groups in total. The van der Waals surface area contributed by atoms with Gasteiger partial charge in [-0.25, -0.2) is 0 Å². The van der Waals surface area contributed by atoms with E-state index in [1.807, 2.05) is 4.90 Å². The Labute approximate surface area is 181 Å². The molecule has 2 rings (SSSR count). The molecule has 164 valence electrons. The number of rotatable bonds is 10. The fourth-order valence-corrected chi connectivity index (χ4v) is 3.84. The quantitative estimate of drug-likeness (QED) is 0.604. The lowest BCUT2D eigenvalue weighted by Crippen LogP contribution is -2.47. The van der Waals surface area contributed by atoms with Crippen molar-refractivity contribution < 1.29 is 14.3 Å². The Morgan fingerprint density at radius 2 is 1.76 bits per heavy atom. The van der Waals surface area contributed by atoms with E-state index in [1.165, 1.54) is 0 Å². The van der Waals surface area contributed by atoms with Crippen LogP contribution in [0.4, 0.5) is 0 Å². The normalized spacial score (nSPS) is 15.3. The number of amides is 2. The van der Waals surface area contributed by atoms with Crippen molar-refractivity contribution in [3.05, 3.63) is 35.4 Å². The molecule has 0 radical (unpaired) electrons. The summed E-state index contributed by atoms with van der Waals surface area (Å²) in [6.07, 6.45) is 3.79. The summed E-state index contributed by atoms with van der Waals surface area (Å²) in [5.41, 5.74) is 1.07. The Bertz CT molecular complexity index is 636. The number of ether oxygens (including phenoxy) is 1. The molecule has 2 amide bonds. The summed E-state index contributed by atoms with van der Waals surface area (Å²) < 4.78 is 5.42. The highest BCUT2D eigenvalue weighted by atomic mass is 35.5. The van der Waals surface area contributed by atoms with Gasteiger partial charge in [-0.05, 0) is 57.0 Å². The molecule has 1 aromatic rings. The predicted molar refractivity (Wildman–Crippen MR) is 119 cm³/mol. The maximum Gasteiger partial charge on any atom is 0.253 e. The average molecular weight is 426 g/mol. The van der Waals surface area contributed by atoms with E-state index in [1.54, 1.807) is 31.4 Å². The molecule has 1 aromatic carbocycles. The van der Waals surface area contributed by atoms with Crippen molar-refractivity contribution in [3.8, 4) is 0 Å². The zero-order chi connectivity index (χ0) is 20.4. The van der Waals surface area contributed by atoms with Crippen molar-refractivity contribution in [2.45, 2.75) is 39.5 Å². The van der Waals surface area contributed by atoms with Crippen molar-refractivity contribution in [2.24, 2.45) is 5.41 Å². The molecule has 0 bridgehead atoms. The third kappa shape index (κ3) is 7.28. The summed E-state index contributed by atoms with van der Waals surface area (Å²) >= 11 is 0. The molecule has 0 spiro atoms. The van der Waals surface area contributed by atoms with Gasteiger partial charge in [-0.1, -0.05) is 19.9 Å². The first-order chi connectivity index (χ1) is 13.5. The van der Waals surface area contributed by atoms with Gasteiger partial charge >= 0.3 is 0 Å². The van der Waals surface area contributed by atoms with Crippen LogP contribution >= 0.6 is 12.4 Å². The number of nitrogens with one attached hydrogen (secondary N) is 2. The number of carbonyl (C=O) groups excluding carboxylic acids is 2. The molecule has 0 unspecified atom stereocenters. The minimum atomic E-state index is -0.138. The SMILES string of the molecule is CCCN(CCC)C(=O)c1cccc(C(=O)NCC2(COC)CCNCC2)c1.Cl. The number of methoxy groups -OCH3 is 1. The molecule has 6 nitrogen and oxygen atoms in total. The minimum Gasteiger partial charge on any atom is -0.384 e. The molecule has 0 aliphatic carbocycles. The van der Waals surface area contributed by atoms with E-state index in [4.69, 9.17) is 4.74 Å². The number of benzene rings is 1. The van der Waals surface area contributed by atoms with Crippen molar-refractivity contribution in [1.82, 2.24) is 15.5 Å². The molecule has 1 aliphatic rings. The number of piperidine rings is 1. The zero-order valence-electron chi connectivity index (χ0n) is 18.0. The van der Waals surface area contributed by atoms with Gasteiger partial charge in [0.25, 0.3) is 11.8 Å². The van der Waals surface area contributed by atoms with E-state index in [9.17, 15) is 9.59 Å². The Morgan fingerprint density at radius 1 is 1.14 bits per heavy atom. The van der Waals surface area contributed by atoms with Gasteiger partial charge in [0.05, 0.1) is 6.61 Å². The predicted octanol–water partition coefficient (Wildman–Crippen LogP) is 3.12. The van der Waals surface area contributed by atoms with Crippen molar-refractivity contribution >= 4 is 24.2 Å². The van der Waals surface area contributed by atoms with Crippen LogP contribution in [0, 0.1) is 5.41 Å². The summed E-state index contributed by atoms with van der Waals surface area (Å²) in [6, 6.07) is 7.05. The lowest BCUT2D eigenvalue weighted by molar-refractivity contribution is 0.0511. The van der Waals surface area contributed by atoms with Crippen molar-refractivity contribution in [2.75, 3.05) is 46.4 Å². The second-order valence-corrected chi connectivity index (χ2v) is 7.74. The maximum atomic E-state index is 12.8. The van der Waals surface area contributed by atoms with Gasteiger partial charge in [0.15, 0.2) is 0 Å². The van der Waals surface area contributed by atoms with Crippen LogP contribution < -0.4 is 10.6 Å². The third-order valence-corrected chi connectivity index (χ3v) is 5.38. The maximum absolute atomic E-state index is 12.8. The van der Waals surface area contributed by atoms with Crippen LogP contribution in [0.3, 0.4) is 0 Å². The molecule has 1 aliphatic heterocycles. The monoisotopic (exact) mass is 425 g/mol. The molecule has 0 aromatic heterocycles. The topological polar surface area (TPSA) is 70.7 Å². The summed E-state index contributed by atoms with van der Waals surface area (Å²) in [7, 11) is 1.71. The van der Waals surface area contributed by atoms with Crippen LogP contribution in [0.2, 0.25) is 0 Å². The smallest absolute Gasteiger partial charge is 0.253 e. The lowest BCUT2D eigenvalue weighted by Gasteiger charge is -2.37. The third-order valence-electron chi connectivity index (χ3n) is 5.38. The van der Waals surface area contributed by atoms with Gasteiger partial charge in [0.1, 0.15) is 0 Å². The van der Waals surface area contributed by atoms with Crippen LogP contribution in [-0.4, -0.2) is 63.2 Å². The highest BCUT2D eigenvalue weighted by Crippen LogP contribution is 2.28. The van der Waals surface area contributed by atoms with Crippen molar-refractivity contribution in [3.63, 3.8) is 0 Å². The van der Waals surface area contributed by atoms with E-state index in [0.717, 1.165) is 51.9 Å². The first-order valence-electron chi connectivity index (χ1n) is 10.4. The molecule has 1 saturated heterocycles. The fraction of sp³-hybridized carbons (Fsp3) is 0.636. The highest BCUT2D eigenvalue weighted by molar-refractivity contribution is 5.99. The van der Waals surface area contributed by atoms with E-state index < -0.39 is 0 Å². The molecule has 1 heterocycles. The van der Waals surface area contributed by atoms with E-state index in [2.05, 4.69) is 24.5 Å². The zero-order valence-corrected chi connectivity index (χ0v) is 18.8. The van der Waals surface area contributed by atoms with Gasteiger partial charge in [0, 0.05) is 43.3 Å². The minimum absolute atomic E-state index is 0. The fourth-order valence-electron chi connectivity index (χ4n) is 3.84. The van der Waals surface area contributed by atoms with Gasteiger partial charge in [-0.15, -0.1) is 12.4 Å². The molecule has 29 heavy (non-hydrogen) atoms. The van der Waals surface area contributed by atoms with Crippen LogP contribution in [0.5, 0.6) is 0 Å². The second-order valence-electron chi connectivity index (χ2n) is 7.74. The molecular weight excluding hydrogens is 390 g/mol. The first kappa shape index (κ1) is 25.4. The van der Waals surface area contributed by atoms with Crippen LogP contribution in [0.25, 0.3) is 0 Å². The van der Waals surface area contributed by atoms with Crippen LogP contribution in [0.15, 0.2) is 24.3 Å². The largest absolute Gasteiger partial charge is 0.384 e. The van der Waals surface area contributed by atoms with Crippen LogP contribution in [-0.2, 0) is 4.74 Å². The summed E-state index contributed by atoms with van der Waals surface area (Å²) in [5.74, 6) is -0.145. The average Bonchev–Trinajstić information content (AvgIpc) is 2.72. The Balaban J connectivity index is 0.00000420. The van der Waals surface area contributed by atoms with Crippen molar-refractivity contribution in [1.29, 1.82) is 0 Å². The second kappa shape index (κ2) is 12.8. The Kier molecular flexibility index (Phi) is 11.2. The number of carbonyl (C=O) groups is 2. The van der Waals surface area contributed by atoms with Gasteiger partial charge in [-0.3, -0.25) is 9.59 Å². The highest BCUT2D eigenvalue weighted by Gasteiger charge is 2.32. The number of hydrogen-bond acceptors (Lipinski definition) is 4. The lowest BCUT2D eigenvalue weighted by atomic mass is 9.79. The van der Waals surface area contributed by atoms with Gasteiger partial charge in [-0.2, -0.15) is 0 Å². The number of halogens is 1. The Hall–Kier alpha value is -1.63. The molecule has 7 heteroatoms. The molecule has 0 saturated carbocycles. The number of nitrogens with zero attached hydrogens (tertiary/aromatic N) is 1. The standard InChI is InChI=1S/C22H35N3O3.ClH/c1-4-13-25(14-5-2)21(27)19-8-6-7-18(15-19)20(26)24-16-22(17-28-3)9-11-23-12-10-22;/h6-8,15,23H,4-5,9-14,16-17H2,1-3H3,(H,24,26);1H. The first-order valence-corrected chi connectivity index (χ1v) is 10.4. The molecule has 0 atom stereocenters.